The van der Waals surface area contributed by atoms with Crippen molar-refractivity contribution in [1.29, 1.82) is 0 Å². The summed E-state index contributed by atoms with van der Waals surface area (Å²) in [7, 11) is 0. The highest BCUT2D eigenvalue weighted by atomic mass is 16.2. The molecule has 0 aromatic rings. The lowest BCUT2D eigenvalue weighted by atomic mass is 9.93. The summed E-state index contributed by atoms with van der Waals surface area (Å²) in [5.41, 5.74) is 0. The minimum atomic E-state index is 0.109. The van der Waals surface area contributed by atoms with E-state index in [1.165, 1.54) is 0 Å². The largest absolute Gasteiger partial charge is 0.339 e. The van der Waals surface area contributed by atoms with Crippen molar-refractivity contribution < 1.29 is 9.59 Å². The molecule has 1 aliphatic carbocycles. The van der Waals surface area contributed by atoms with E-state index in [0.29, 0.717) is 26.2 Å². The number of amides is 2. The summed E-state index contributed by atoms with van der Waals surface area (Å²) in [5, 5.41) is 0. The average Bonchev–Trinajstić information content (AvgIpc) is 2.39. The van der Waals surface area contributed by atoms with Crippen LogP contribution in [-0.4, -0.2) is 47.8 Å². The van der Waals surface area contributed by atoms with Crippen LogP contribution in [0.2, 0.25) is 0 Å². The van der Waals surface area contributed by atoms with Crippen LogP contribution in [0.5, 0.6) is 0 Å². The highest BCUT2D eigenvalue weighted by Crippen LogP contribution is 2.21. The summed E-state index contributed by atoms with van der Waals surface area (Å²) in [6.07, 6.45) is 7.13. The Morgan fingerprint density at radius 1 is 1.06 bits per heavy atom. The van der Waals surface area contributed by atoms with E-state index in [2.05, 4.69) is 12.2 Å². The van der Waals surface area contributed by atoms with Crippen molar-refractivity contribution in [2.75, 3.05) is 26.2 Å². The zero-order valence-electron chi connectivity index (χ0n) is 10.4. The Kier molecular flexibility index (Phi) is 3.82. The molecule has 1 saturated heterocycles. The topological polar surface area (TPSA) is 40.6 Å². The van der Waals surface area contributed by atoms with Crippen molar-refractivity contribution in [3.8, 4) is 0 Å². The van der Waals surface area contributed by atoms with Crippen molar-refractivity contribution in [3.05, 3.63) is 12.2 Å². The van der Waals surface area contributed by atoms with Crippen molar-refractivity contribution in [3.63, 3.8) is 0 Å². The second-order valence-electron chi connectivity index (χ2n) is 4.81. The molecule has 0 N–H and O–H groups in total. The van der Waals surface area contributed by atoms with Crippen molar-refractivity contribution >= 4 is 11.8 Å². The molecule has 94 valence electrons. The molecule has 1 atom stereocenters. The van der Waals surface area contributed by atoms with E-state index in [-0.39, 0.29) is 17.7 Å². The number of hydrogen-bond donors (Lipinski definition) is 0. The van der Waals surface area contributed by atoms with Gasteiger partial charge >= 0.3 is 0 Å². The van der Waals surface area contributed by atoms with Gasteiger partial charge in [-0.05, 0) is 19.3 Å². The summed E-state index contributed by atoms with van der Waals surface area (Å²) in [6.45, 7) is 4.34. The van der Waals surface area contributed by atoms with Crippen LogP contribution in [-0.2, 0) is 9.59 Å². The summed E-state index contributed by atoms with van der Waals surface area (Å²) in [5.74, 6) is 0.555. The second-order valence-corrected chi connectivity index (χ2v) is 4.81. The molecule has 1 unspecified atom stereocenters. The molecule has 0 bridgehead atoms. The van der Waals surface area contributed by atoms with Gasteiger partial charge in [-0.25, -0.2) is 0 Å². The quantitative estimate of drug-likeness (QED) is 0.638. The van der Waals surface area contributed by atoms with Gasteiger partial charge < -0.3 is 9.80 Å². The third-order valence-corrected chi connectivity index (χ3v) is 3.65. The molecule has 0 spiro atoms. The van der Waals surface area contributed by atoms with Crippen LogP contribution < -0.4 is 0 Å². The molecule has 0 saturated carbocycles. The van der Waals surface area contributed by atoms with Crippen LogP contribution in [0.3, 0.4) is 0 Å². The van der Waals surface area contributed by atoms with Crippen molar-refractivity contribution in [2.24, 2.45) is 5.92 Å². The maximum Gasteiger partial charge on any atom is 0.226 e. The number of carbonyl (C=O) groups is 2. The van der Waals surface area contributed by atoms with E-state index >= 15 is 0 Å². The molecular weight excluding hydrogens is 216 g/mol. The number of hydrogen-bond acceptors (Lipinski definition) is 2. The minimum Gasteiger partial charge on any atom is -0.339 e. The first-order valence-corrected chi connectivity index (χ1v) is 6.38. The molecule has 0 aromatic carbocycles. The fraction of sp³-hybridized carbons (Fsp3) is 0.692. The number of rotatable bonds is 1. The van der Waals surface area contributed by atoms with E-state index in [1.54, 1.807) is 6.92 Å². The number of nitrogens with zero attached hydrogens (tertiary/aromatic N) is 2. The van der Waals surface area contributed by atoms with Gasteiger partial charge in [-0.15, -0.1) is 0 Å². The molecule has 2 amide bonds. The third-order valence-electron chi connectivity index (χ3n) is 3.65. The fourth-order valence-corrected chi connectivity index (χ4v) is 2.52. The lowest BCUT2D eigenvalue weighted by Crippen LogP contribution is -2.51. The van der Waals surface area contributed by atoms with E-state index in [4.69, 9.17) is 0 Å². The molecule has 2 rings (SSSR count). The normalized spacial score (nSPS) is 24.9. The summed E-state index contributed by atoms with van der Waals surface area (Å²) >= 11 is 0. The van der Waals surface area contributed by atoms with E-state index in [1.807, 2.05) is 9.80 Å². The SMILES string of the molecule is CC(=O)N1CCN(C(=O)C2CC=CCC2)CC1. The van der Waals surface area contributed by atoms with Crippen molar-refractivity contribution in [2.45, 2.75) is 26.2 Å². The van der Waals surface area contributed by atoms with E-state index in [9.17, 15) is 9.59 Å². The monoisotopic (exact) mass is 236 g/mol. The van der Waals surface area contributed by atoms with Crippen LogP contribution in [0.25, 0.3) is 0 Å². The standard InChI is InChI=1S/C13H20N2O2/c1-11(16)14-7-9-15(10-8-14)13(17)12-5-3-2-4-6-12/h2-3,12H,4-10H2,1H3. The maximum absolute atomic E-state index is 12.2. The van der Waals surface area contributed by atoms with Gasteiger partial charge in [0.1, 0.15) is 0 Å². The Morgan fingerprint density at radius 2 is 1.71 bits per heavy atom. The zero-order valence-corrected chi connectivity index (χ0v) is 10.4. The van der Waals surface area contributed by atoms with Gasteiger partial charge in [0.25, 0.3) is 0 Å². The summed E-state index contributed by atoms with van der Waals surface area (Å²) < 4.78 is 0. The molecule has 2 aliphatic rings. The van der Waals surface area contributed by atoms with Gasteiger partial charge in [0.15, 0.2) is 0 Å². The molecule has 4 nitrogen and oxygen atoms in total. The molecule has 1 heterocycles. The first-order chi connectivity index (χ1) is 8.18. The van der Waals surface area contributed by atoms with Gasteiger partial charge in [-0.1, -0.05) is 12.2 Å². The predicted molar refractivity (Wildman–Crippen MR) is 65.3 cm³/mol. The van der Waals surface area contributed by atoms with Crippen molar-refractivity contribution in [1.82, 2.24) is 9.80 Å². The molecule has 0 aromatic heterocycles. The summed E-state index contributed by atoms with van der Waals surface area (Å²) in [4.78, 5) is 27.1. The molecule has 1 fully saturated rings. The van der Waals surface area contributed by atoms with Crippen LogP contribution in [0.15, 0.2) is 12.2 Å². The Labute approximate surface area is 102 Å². The lowest BCUT2D eigenvalue weighted by Gasteiger charge is -2.36. The molecule has 4 heteroatoms. The van der Waals surface area contributed by atoms with E-state index < -0.39 is 0 Å². The highest BCUT2D eigenvalue weighted by Gasteiger charge is 2.27. The van der Waals surface area contributed by atoms with Gasteiger partial charge in [-0.2, -0.15) is 0 Å². The van der Waals surface area contributed by atoms with Crippen LogP contribution in [0.4, 0.5) is 0 Å². The molecule has 1 aliphatic heterocycles. The van der Waals surface area contributed by atoms with Gasteiger partial charge in [0.2, 0.25) is 11.8 Å². The average molecular weight is 236 g/mol. The number of carbonyl (C=O) groups excluding carboxylic acids is 2. The lowest BCUT2D eigenvalue weighted by molar-refractivity contribution is -0.141. The van der Waals surface area contributed by atoms with Gasteiger partial charge in [0, 0.05) is 39.0 Å². The maximum atomic E-state index is 12.2. The Morgan fingerprint density at radius 3 is 2.24 bits per heavy atom. The fourth-order valence-electron chi connectivity index (χ4n) is 2.52. The molecule has 17 heavy (non-hydrogen) atoms. The van der Waals surface area contributed by atoms with Crippen LogP contribution in [0, 0.1) is 5.92 Å². The Balaban J connectivity index is 1.85. The van der Waals surface area contributed by atoms with Gasteiger partial charge in [-0.3, -0.25) is 9.59 Å². The highest BCUT2D eigenvalue weighted by molar-refractivity contribution is 5.80. The Hall–Kier alpha value is -1.32. The van der Waals surface area contributed by atoms with Gasteiger partial charge in [0.05, 0.1) is 0 Å². The zero-order chi connectivity index (χ0) is 12.3. The smallest absolute Gasteiger partial charge is 0.226 e. The third kappa shape index (κ3) is 2.87. The van der Waals surface area contributed by atoms with Crippen LogP contribution in [0.1, 0.15) is 26.2 Å². The molecular formula is C13H20N2O2. The summed E-state index contributed by atoms with van der Waals surface area (Å²) in [6, 6.07) is 0. The molecule has 0 radical (unpaired) electrons. The first kappa shape index (κ1) is 12.1. The number of allylic oxidation sites excluding steroid dienone is 2. The predicted octanol–water partition coefficient (Wildman–Crippen LogP) is 1.03. The second kappa shape index (κ2) is 5.34. The minimum absolute atomic E-state index is 0.109. The number of piperazine rings is 1. The van der Waals surface area contributed by atoms with Crippen LogP contribution >= 0.6 is 0 Å². The Bertz CT molecular complexity index is 330. The van der Waals surface area contributed by atoms with E-state index in [0.717, 1.165) is 19.3 Å². The first-order valence-electron chi connectivity index (χ1n) is 6.38.